The number of piperidine rings is 1. The molecule has 0 radical (unpaired) electrons. The lowest BCUT2D eigenvalue weighted by molar-refractivity contribution is 0.398. The summed E-state index contributed by atoms with van der Waals surface area (Å²) < 4.78 is 16.0. The molecule has 0 aromatic carbocycles. The van der Waals surface area contributed by atoms with Crippen LogP contribution in [0.4, 0.5) is 10.3 Å². The van der Waals surface area contributed by atoms with Gasteiger partial charge in [0.05, 0.1) is 5.39 Å². The van der Waals surface area contributed by atoms with Gasteiger partial charge < -0.3 is 9.47 Å². The van der Waals surface area contributed by atoms with E-state index in [2.05, 4.69) is 24.8 Å². The first-order valence-electron chi connectivity index (χ1n) is 7.42. The number of nitrogens with zero attached hydrogens (tertiary/aromatic N) is 6. The third-order valence-electron chi connectivity index (χ3n) is 4.21. The quantitative estimate of drug-likeness (QED) is 0.675. The highest BCUT2D eigenvalue weighted by atomic mass is 35.5. The van der Waals surface area contributed by atoms with E-state index < -0.39 is 0 Å². The van der Waals surface area contributed by atoms with E-state index in [-0.39, 0.29) is 17.0 Å². The summed E-state index contributed by atoms with van der Waals surface area (Å²) in [5.41, 5.74) is 0.553. The zero-order valence-corrected chi connectivity index (χ0v) is 13.0. The first-order valence-corrected chi connectivity index (χ1v) is 7.80. The second-order valence-electron chi connectivity index (χ2n) is 5.51. The summed E-state index contributed by atoms with van der Waals surface area (Å²) in [4.78, 5) is 18.7. The van der Waals surface area contributed by atoms with E-state index >= 15 is 0 Å². The number of anilines is 1. The number of halogens is 2. The minimum atomic E-state index is -0.376. The first kappa shape index (κ1) is 14.3. The number of hydrogen-bond donors (Lipinski definition) is 0. The minimum Gasteiger partial charge on any atom is -0.341 e. The molecule has 3 aromatic rings. The lowest BCUT2D eigenvalue weighted by Gasteiger charge is -2.32. The maximum Gasteiger partial charge on any atom is 0.225 e. The summed E-state index contributed by atoms with van der Waals surface area (Å²) in [5.74, 6) is 0.360. The third-order valence-corrected chi connectivity index (χ3v) is 4.50. The average Bonchev–Trinajstić information content (AvgIpc) is 2.94. The van der Waals surface area contributed by atoms with Gasteiger partial charge in [-0.15, -0.1) is 0 Å². The molecule has 1 aliphatic rings. The molecule has 0 unspecified atom stereocenters. The Bertz CT molecular complexity index is 829. The lowest BCUT2D eigenvalue weighted by Crippen LogP contribution is -2.35. The van der Waals surface area contributed by atoms with Crippen molar-refractivity contribution in [1.82, 2.24) is 24.5 Å². The Hall–Kier alpha value is -2.28. The Kier molecular flexibility index (Phi) is 3.57. The van der Waals surface area contributed by atoms with E-state index in [4.69, 9.17) is 11.6 Å². The summed E-state index contributed by atoms with van der Waals surface area (Å²) in [6.07, 6.45) is 8.05. The predicted octanol–water partition coefficient (Wildman–Crippen LogP) is 2.86. The molecular weight excluding hydrogens is 319 g/mol. The van der Waals surface area contributed by atoms with E-state index in [1.807, 2.05) is 4.57 Å². The van der Waals surface area contributed by atoms with Gasteiger partial charge in [-0.3, -0.25) is 0 Å². The minimum absolute atomic E-state index is 0.154. The van der Waals surface area contributed by atoms with Gasteiger partial charge in [0, 0.05) is 37.7 Å². The fourth-order valence-corrected chi connectivity index (χ4v) is 3.30. The molecule has 118 valence electrons. The Balaban J connectivity index is 1.59. The standard InChI is InChI=1S/C15H14ClFN6/c16-13-12-11(17)8-23(14(12)21-9-20-13)10-2-6-22(7-3-10)15-18-4-1-5-19-15/h1,4-5,8-10H,2-3,6-7H2. The molecule has 4 rings (SSSR count). The fraction of sp³-hybridized carbons (Fsp3) is 0.333. The largest absolute Gasteiger partial charge is 0.341 e. The molecule has 1 fully saturated rings. The van der Waals surface area contributed by atoms with E-state index in [1.165, 1.54) is 12.5 Å². The topological polar surface area (TPSA) is 59.7 Å². The van der Waals surface area contributed by atoms with Gasteiger partial charge in [-0.1, -0.05) is 11.6 Å². The lowest BCUT2D eigenvalue weighted by atomic mass is 10.1. The molecule has 1 aliphatic heterocycles. The summed E-state index contributed by atoms with van der Waals surface area (Å²) in [7, 11) is 0. The molecule has 0 amide bonds. The molecule has 23 heavy (non-hydrogen) atoms. The number of aromatic nitrogens is 5. The van der Waals surface area contributed by atoms with Crippen molar-refractivity contribution in [3.63, 3.8) is 0 Å². The van der Waals surface area contributed by atoms with Crippen molar-refractivity contribution in [3.05, 3.63) is 42.0 Å². The van der Waals surface area contributed by atoms with Gasteiger partial charge in [-0.05, 0) is 18.9 Å². The van der Waals surface area contributed by atoms with Gasteiger partial charge in [0.1, 0.15) is 17.1 Å². The van der Waals surface area contributed by atoms with Crippen LogP contribution in [0, 0.1) is 5.82 Å². The molecule has 0 saturated carbocycles. The van der Waals surface area contributed by atoms with Gasteiger partial charge in [-0.25, -0.2) is 24.3 Å². The van der Waals surface area contributed by atoms with E-state index in [1.54, 1.807) is 18.5 Å². The van der Waals surface area contributed by atoms with Crippen LogP contribution in [0.5, 0.6) is 0 Å². The highest BCUT2D eigenvalue weighted by molar-refractivity contribution is 6.34. The molecule has 4 heterocycles. The molecule has 0 atom stereocenters. The molecule has 6 nitrogen and oxygen atoms in total. The van der Waals surface area contributed by atoms with Crippen LogP contribution < -0.4 is 4.90 Å². The second kappa shape index (κ2) is 5.73. The molecule has 8 heteroatoms. The average molecular weight is 333 g/mol. The zero-order chi connectivity index (χ0) is 15.8. The Morgan fingerprint density at radius 1 is 1.09 bits per heavy atom. The summed E-state index contributed by atoms with van der Waals surface area (Å²) >= 11 is 5.99. The summed E-state index contributed by atoms with van der Waals surface area (Å²) in [6.45, 7) is 1.63. The van der Waals surface area contributed by atoms with E-state index in [9.17, 15) is 4.39 Å². The fourth-order valence-electron chi connectivity index (χ4n) is 3.08. The van der Waals surface area contributed by atoms with Crippen molar-refractivity contribution in [2.45, 2.75) is 18.9 Å². The van der Waals surface area contributed by atoms with Crippen LogP contribution in [0.15, 0.2) is 31.0 Å². The van der Waals surface area contributed by atoms with Gasteiger partial charge in [-0.2, -0.15) is 0 Å². The maximum atomic E-state index is 14.1. The Morgan fingerprint density at radius 3 is 2.57 bits per heavy atom. The number of rotatable bonds is 2. The highest BCUT2D eigenvalue weighted by Crippen LogP contribution is 2.31. The molecule has 0 aliphatic carbocycles. The van der Waals surface area contributed by atoms with Crippen LogP contribution in [0.2, 0.25) is 5.15 Å². The smallest absolute Gasteiger partial charge is 0.225 e. The van der Waals surface area contributed by atoms with Crippen LogP contribution in [0.25, 0.3) is 11.0 Å². The first-order chi connectivity index (χ1) is 11.2. The molecule has 0 bridgehead atoms. The van der Waals surface area contributed by atoms with Crippen molar-refractivity contribution in [2.75, 3.05) is 18.0 Å². The molecule has 0 spiro atoms. The van der Waals surface area contributed by atoms with Crippen molar-refractivity contribution in [2.24, 2.45) is 0 Å². The molecule has 3 aromatic heterocycles. The van der Waals surface area contributed by atoms with Crippen LogP contribution in [-0.4, -0.2) is 37.6 Å². The predicted molar refractivity (Wildman–Crippen MR) is 85.0 cm³/mol. The molecular formula is C15H14ClFN6. The van der Waals surface area contributed by atoms with Crippen LogP contribution in [0.1, 0.15) is 18.9 Å². The van der Waals surface area contributed by atoms with Gasteiger partial charge in [0.25, 0.3) is 0 Å². The van der Waals surface area contributed by atoms with Crippen LogP contribution in [0.3, 0.4) is 0 Å². The van der Waals surface area contributed by atoms with Crippen molar-refractivity contribution in [3.8, 4) is 0 Å². The van der Waals surface area contributed by atoms with Crippen LogP contribution in [-0.2, 0) is 0 Å². The maximum absolute atomic E-state index is 14.1. The van der Waals surface area contributed by atoms with Crippen molar-refractivity contribution in [1.29, 1.82) is 0 Å². The Morgan fingerprint density at radius 2 is 1.83 bits per heavy atom. The molecule has 0 N–H and O–H groups in total. The van der Waals surface area contributed by atoms with Crippen molar-refractivity contribution < 1.29 is 4.39 Å². The van der Waals surface area contributed by atoms with Gasteiger partial charge in [0.2, 0.25) is 5.95 Å². The second-order valence-corrected chi connectivity index (χ2v) is 5.87. The summed E-state index contributed by atoms with van der Waals surface area (Å²) in [6, 6.07) is 1.97. The number of fused-ring (bicyclic) bond motifs is 1. The monoisotopic (exact) mass is 332 g/mol. The zero-order valence-electron chi connectivity index (χ0n) is 12.2. The molecule has 1 saturated heterocycles. The third kappa shape index (κ3) is 2.50. The normalized spacial score (nSPS) is 16.2. The highest BCUT2D eigenvalue weighted by Gasteiger charge is 2.25. The summed E-state index contributed by atoms with van der Waals surface area (Å²) in [5, 5.41) is 0.448. The van der Waals surface area contributed by atoms with Gasteiger partial charge >= 0.3 is 0 Å². The SMILES string of the molecule is Fc1cn(C2CCN(c3ncccn3)CC2)c2ncnc(Cl)c12. The Labute approximate surface area is 137 Å². The van der Waals surface area contributed by atoms with E-state index in [0.717, 1.165) is 31.9 Å². The van der Waals surface area contributed by atoms with Gasteiger partial charge in [0.15, 0.2) is 5.82 Å². The van der Waals surface area contributed by atoms with Crippen molar-refractivity contribution >= 4 is 28.6 Å². The van der Waals surface area contributed by atoms with Crippen LogP contribution >= 0.6 is 11.6 Å². The number of hydrogen-bond acceptors (Lipinski definition) is 5. The van der Waals surface area contributed by atoms with E-state index in [0.29, 0.717) is 11.0 Å².